The molecule has 2 aliphatic heterocycles. The van der Waals surface area contributed by atoms with E-state index in [9.17, 15) is 30.2 Å². The molecule has 12 nitrogen and oxygen atoms in total. The van der Waals surface area contributed by atoms with Crippen LogP contribution >= 0.6 is 0 Å². The predicted molar refractivity (Wildman–Crippen MR) is 413 cm³/mol. The molecule has 11 rings (SSSR count). The molecular formula is C89H108N6O6. The fourth-order valence-corrected chi connectivity index (χ4v) is 16.9. The van der Waals surface area contributed by atoms with Crippen LogP contribution in [-0.2, 0) is 44.8 Å². The van der Waals surface area contributed by atoms with Gasteiger partial charge in [0, 0.05) is 72.6 Å². The average Bonchev–Trinajstić information content (AvgIpc) is 1.59. The van der Waals surface area contributed by atoms with Crippen molar-refractivity contribution in [3.63, 3.8) is 0 Å². The van der Waals surface area contributed by atoms with Gasteiger partial charge in [0.05, 0.1) is 0 Å². The Labute approximate surface area is 603 Å². The van der Waals surface area contributed by atoms with Gasteiger partial charge in [0.25, 0.3) is 19.4 Å². The number of fused-ring (bicyclic) bond motifs is 9. The summed E-state index contributed by atoms with van der Waals surface area (Å²) in [6.45, 7) is 25.8. The molecule has 0 spiro atoms. The number of allylic oxidation sites excluding steroid dienone is 3. The third-order valence-corrected chi connectivity index (χ3v) is 22.3. The summed E-state index contributed by atoms with van der Waals surface area (Å²) in [4.78, 5) is 39.9. The van der Waals surface area contributed by atoms with Gasteiger partial charge >= 0.3 is 0 Å². The van der Waals surface area contributed by atoms with Crippen molar-refractivity contribution in [3.05, 3.63) is 177 Å². The zero-order valence-corrected chi connectivity index (χ0v) is 61.7. The van der Waals surface area contributed by atoms with Gasteiger partial charge in [0.1, 0.15) is 18.2 Å². The second kappa shape index (κ2) is 36.9. The minimum Gasteiger partial charge on any atom is -0.417 e. The van der Waals surface area contributed by atoms with Crippen LogP contribution in [0.3, 0.4) is 0 Å². The van der Waals surface area contributed by atoms with Gasteiger partial charge in [-0.15, -0.1) is 0 Å². The first-order chi connectivity index (χ1) is 49.4. The van der Waals surface area contributed by atoms with Gasteiger partial charge < -0.3 is 28.9 Å². The van der Waals surface area contributed by atoms with Crippen molar-refractivity contribution in [2.75, 3.05) is 54.0 Å². The van der Waals surface area contributed by atoms with E-state index in [1.54, 1.807) is 18.2 Å². The SMILES string of the molecule is CCC1(CC)c2cc(/C=C(\C#N)OC=O)ccc2-c2ccc(N3CCCCC3)cc21.CCCCC1(CCCC)c2cc(/C=C(\C#N)OC=O)ccc2-c2ccc(N3CCCCC3)cc21.CCCCN(CCCC)c1ccc2c(c1)C(CCCC)(CCCC)c1cc(/C=C(\C#N)OC=O)ccc1-2. The van der Waals surface area contributed by atoms with Crippen molar-refractivity contribution >= 4 is 54.7 Å². The summed E-state index contributed by atoms with van der Waals surface area (Å²) in [5.41, 5.74) is 22.8. The monoisotopic (exact) mass is 1360 g/mol. The summed E-state index contributed by atoms with van der Waals surface area (Å²) in [6.07, 6.45) is 33.3. The summed E-state index contributed by atoms with van der Waals surface area (Å²) < 4.78 is 14.5. The minimum absolute atomic E-state index is 0.00597. The number of nitriles is 3. The number of benzene rings is 6. The topological polar surface area (TPSA) is 160 Å². The van der Waals surface area contributed by atoms with Crippen molar-refractivity contribution in [1.29, 1.82) is 15.8 Å². The van der Waals surface area contributed by atoms with Crippen LogP contribution < -0.4 is 14.7 Å². The van der Waals surface area contributed by atoms with E-state index in [-0.39, 0.29) is 33.5 Å². The van der Waals surface area contributed by atoms with Crippen molar-refractivity contribution < 1.29 is 28.6 Å². The Kier molecular flexibility index (Phi) is 27.8. The van der Waals surface area contributed by atoms with Crippen LogP contribution in [0.25, 0.3) is 51.6 Å². The molecule has 3 aliphatic carbocycles. The van der Waals surface area contributed by atoms with E-state index in [4.69, 9.17) is 14.2 Å². The number of rotatable bonds is 32. The number of piperidine rings is 2. The lowest BCUT2D eigenvalue weighted by atomic mass is 9.70. The van der Waals surface area contributed by atoms with E-state index in [1.165, 1.54) is 174 Å². The molecule has 5 aliphatic rings. The largest absolute Gasteiger partial charge is 0.417 e. The quantitative estimate of drug-likeness (QED) is 0.0170. The molecule has 12 heteroatoms. The summed E-state index contributed by atoms with van der Waals surface area (Å²) in [5.74, 6) is 0.0416. The van der Waals surface area contributed by atoms with Gasteiger partial charge in [-0.1, -0.05) is 192 Å². The highest BCUT2D eigenvalue weighted by Crippen LogP contribution is 2.58. The Bertz CT molecular complexity index is 4020. The van der Waals surface area contributed by atoms with E-state index >= 15 is 0 Å². The third-order valence-electron chi connectivity index (χ3n) is 22.3. The summed E-state index contributed by atoms with van der Waals surface area (Å²) in [7, 11) is 0. The van der Waals surface area contributed by atoms with Crippen LogP contribution in [0.2, 0.25) is 0 Å². The van der Waals surface area contributed by atoms with Crippen LogP contribution in [0.5, 0.6) is 0 Å². The molecule has 2 saturated heterocycles. The molecule has 0 bridgehead atoms. The third kappa shape index (κ3) is 16.9. The first-order valence-electron chi connectivity index (χ1n) is 38.2. The summed E-state index contributed by atoms with van der Waals surface area (Å²) in [5, 5.41) is 27.9. The lowest BCUT2D eigenvalue weighted by Gasteiger charge is -2.34. The lowest BCUT2D eigenvalue weighted by Crippen LogP contribution is -2.30. The fraction of sp³-hybridized carbons (Fsp3) is 0.461. The lowest BCUT2D eigenvalue weighted by molar-refractivity contribution is -0.125. The van der Waals surface area contributed by atoms with Crippen molar-refractivity contribution in [2.24, 2.45) is 0 Å². The maximum atomic E-state index is 10.8. The standard InChI is InChI=1S/C33H44N2O2.C30H36N2O2.C26H28N2O2/c1-5-9-17-33(18-10-6-2)31-22-26(21-28(24-34)37-25-36)13-15-29(31)30-16-14-27(23-32(30)33)35(19-11-7-3)20-12-8-4;1-3-5-14-30(15-6-4-2)28-19-23(18-25(21-31)34-22-33)10-12-26(28)27-13-11-24(20-29(27)30)32-16-8-7-9-17-32;1-3-26(4-2)24-15-19(14-21(17-27)30-18-29)8-10-22(24)23-11-9-20(16-25(23)26)28-12-6-5-7-13-28/h13-16,21-23,25H,5-12,17-20H2,1-4H3;10-13,18-20,22H,3-9,14-17H2,1-2H3;8-11,14-16,18H,3-7,12-13H2,1-2H3/b28-21+;25-18+;21-14+. The van der Waals surface area contributed by atoms with Crippen LogP contribution in [0.4, 0.5) is 17.1 Å². The number of carbonyl (C=O) groups excluding carboxylic acids is 3. The van der Waals surface area contributed by atoms with Gasteiger partial charge in [0.15, 0.2) is 0 Å². The molecular weight excluding hydrogens is 1250 g/mol. The van der Waals surface area contributed by atoms with Gasteiger partial charge in [-0.05, 0) is 228 Å². The van der Waals surface area contributed by atoms with Crippen LogP contribution in [0.1, 0.15) is 260 Å². The summed E-state index contributed by atoms with van der Waals surface area (Å²) >= 11 is 0. The number of nitrogens with zero attached hydrogens (tertiary/aromatic N) is 6. The molecule has 6 aromatic carbocycles. The Morgan fingerprint density at radius 2 is 0.683 bits per heavy atom. The molecule has 2 heterocycles. The smallest absolute Gasteiger partial charge is 0.299 e. The van der Waals surface area contributed by atoms with E-state index in [2.05, 4.69) is 161 Å². The maximum Gasteiger partial charge on any atom is 0.299 e. The minimum atomic E-state index is -0.0456. The molecule has 6 aromatic rings. The van der Waals surface area contributed by atoms with E-state index in [1.807, 2.05) is 36.4 Å². The van der Waals surface area contributed by atoms with E-state index in [0.29, 0.717) is 19.4 Å². The van der Waals surface area contributed by atoms with Crippen LogP contribution in [-0.4, -0.2) is 58.7 Å². The Hall–Kier alpha value is -9.18. The van der Waals surface area contributed by atoms with Gasteiger partial charge in [0.2, 0.25) is 17.3 Å². The highest BCUT2D eigenvalue weighted by Gasteiger charge is 2.45. The predicted octanol–water partition coefficient (Wildman–Crippen LogP) is 21.9. The van der Waals surface area contributed by atoms with Crippen molar-refractivity contribution in [3.8, 4) is 51.6 Å². The van der Waals surface area contributed by atoms with Crippen LogP contribution in [0.15, 0.2) is 126 Å². The Balaban J connectivity index is 0.000000177. The molecule has 530 valence electrons. The first kappa shape index (κ1) is 76.0. The molecule has 0 N–H and O–H groups in total. The molecule has 0 saturated carbocycles. The number of ether oxygens (including phenoxy) is 3. The van der Waals surface area contributed by atoms with Gasteiger partial charge in [-0.2, -0.15) is 15.8 Å². The highest BCUT2D eigenvalue weighted by atomic mass is 16.5. The number of hydrogen-bond donors (Lipinski definition) is 0. The first-order valence-corrected chi connectivity index (χ1v) is 38.2. The Morgan fingerprint density at radius 3 is 1.00 bits per heavy atom. The zero-order valence-electron chi connectivity index (χ0n) is 61.7. The average molecular weight is 1360 g/mol. The highest BCUT2D eigenvalue weighted by molar-refractivity contribution is 5.87. The molecule has 101 heavy (non-hydrogen) atoms. The van der Waals surface area contributed by atoms with Crippen molar-refractivity contribution in [2.45, 2.75) is 226 Å². The van der Waals surface area contributed by atoms with Gasteiger partial charge in [-0.3, -0.25) is 14.4 Å². The van der Waals surface area contributed by atoms with E-state index < -0.39 is 0 Å². The second-order valence-electron chi connectivity index (χ2n) is 28.3. The number of hydrogen-bond acceptors (Lipinski definition) is 12. The summed E-state index contributed by atoms with van der Waals surface area (Å²) in [6, 6.07) is 46.4. The zero-order chi connectivity index (χ0) is 71.8. The van der Waals surface area contributed by atoms with Crippen LogP contribution in [0, 0.1) is 34.0 Å². The molecule has 0 unspecified atom stereocenters. The number of carbonyl (C=O) groups is 3. The van der Waals surface area contributed by atoms with E-state index in [0.717, 1.165) is 120 Å². The molecule has 0 atom stereocenters. The molecule has 0 amide bonds. The number of unbranched alkanes of at least 4 members (excludes halogenated alkanes) is 6. The fourth-order valence-electron chi connectivity index (χ4n) is 16.9. The molecule has 0 aromatic heterocycles. The van der Waals surface area contributed by atoms with Crippen molar-refractivity contribution in [1.82, 2.24) is 0 Å². The Morgan fingerprint density at radius 1 is 0.386 bits per heavy atom. The maximum absolute atomic E-state index is 10.8. The normalized spacial score (nSPS) is 15.6. The number of anilines is 3. The second-order valence-corrected chi connectivity index (χ2v) is 28.3. The van der Waals surface area contributed by atoms with Gasteiger partial charge in [-0.25, -0.2) is 0 Å². The molecule has 0 radical (unpaired) electrons. The molecule has 2 fully saturated rings.